The van der Waals surface area contributed by atoms with Crippen LogP contribution in [-0.2, 0) is 10.1 Å². The molecule has 0 saturated heterocycles. The molecular weight excluding hydrogens is 202 g/mol. The Morgan fingerprint density at radius 1 is 1.07 bits per heavy atom. The highest BCUT2D eigenvalue weighted by atomic mass is 32.2. The minimum Gasteiger partial charge on any atom is -0.317 e. The molecule has 0 atom stereocenters. The third kappa shape index (κ3) is 11.9. The van der Waals surface area contributed by atoms with Crippen molar-refractivity contribution in [1.29, 1.82) is 0 Å². The second kappa shape index (κ2) is 8.20. The molecule has 0 aromatic carbocycles. The first-order chi connectivity index (χ1) is 6.56. The lowest BCUT2D eigenvalue weighted by molar-refractivity contribution is 0.479. The number of unbranched alkanes of at least 4 members (excludes halogenated alkanes) is 3. The molecule has 0 unspecified atom stereocenters. The lowest BCUT2D eigenvalue weighted by atomic mass is 10.2. The standard InChI is InChI=1S/C9H21NO3S/c1-2-3-4-5-7-10-8-6-9-14(11,12)13/h10H,2-9H2,1H3,(H,11,12,13). The number of nitrogens with one attached hydrogen (secondary N) is 1. The molecule has 5 heteroatoms. The van der Waals surface area contributed by atoms with E-state index in [4.69, 9.17) is 4.55 Å². The van der Waals surface area contributed by atoms with Crippen molar-refractivity contribution in [1.82, 2.24) is 5.32 Å². The molecule has 2 N–H and O–H groups in total. The molecule has 0 saturated carbocycles. The molecule has 4 nitrogen and oxygen atoms in total. The van der Waals surface area contributed by atoms with E-state index < -0.39 is 10.1 Å². The quantitative estimate of drug-likeness (QED) is 0.458. The van der Waals surface area contributed by atoms with Crippen LogP contribution < -0.4 is 5.32 Å². The van der Waals surface area contributed by atoms with Crippen molar-refractivity contribution in [3.05, 3.63) is 0 Å². The smallest absolute Gasteiger partial charge is 0.264 e. The lowest BCUT2D eigenvalue weighted by Crippen LogP contribution is -2.19. The fourth-order valence-electron chi connectivity index (χ4n) is 1.18. The molecule has 0 rings (SSSR count). The van der Waals surface area contributed by atoms with Crippen molar-refractivity contribution in [2.24, 2.45) is 0 Å². The molecule has 0 aliphatic carbocycles. The van der Waals surface area contributed by atoms with Gasteiger partial charge in [-0.05, 0) is 25.9 Å². The zero-order valence-electron chi connectivity index (χ0n) is 8.83. The molecular formula is C9H21NO3S. The highest BCUT2D eigenvalue weighted by molar-refractivity contribution is 7.85. The third-order valence-electron chi connectivity index (χ3n) is 1.96. The monoisotopic (exact) mass is 223 g/mol. The van der Waals surface area contributed by atoms with Gasteiger partial charge in [-0.25, -0.2) is 0 Å². The van der Waals surface area contributed by atoms with Crippen molar-refractivity contribution in [2.75, 3.05) is 18.8 Å². The average molecular weight is 223 g/mol. The van der Waals surface area contributed by atoms with Crippen molar-refractivity contribution in [2.45, 2.75) is 39.0 Å². The van der Waals surface area contributed by atoms with E-state index in [1.54, 1.807) is 0 Å². The Hall–Kier alpha value is -0.130. The molecule has 0 spiro atoms. The van der Waals surface area contributed by atoms with Crippen molar-refractivity contribution in [3.8, 4) is 0 Å². The Balaban J connectivity index is 3.07. The van der Waals surface area contributed by atoms with Gasteiger partial charge in [0.1, 0.15) is 0 Å². The Morgan fingerprint density at radius 2 is 1.71 bits per heavy atom. The van der Waals surface area contributed by atoms with Gasteiger partial charge in [0, 0.05) is 0 Å². The first-order valence-corrected chi connectivity index (χ1v) is 6.83. The van der Waals surface area contributed by atoms with Crippen LogP contribution in [0.5, 0.6) is 0 Å². The highest BCUT2D eigenvalue weighted by Crippen LogP contribution is 1.96. The molecule has 0 aromatic rings. The molecule has 86 valence electrons. The van der Waals surface area contributed by atoms with Gasteiger partial charge in [-0.2, -0.15) is 8.42 Å². The molecule has 0 aromatic heterocycles. The van der Waals surface area contributed by atoms with E-state index in [2.05, 4.69) is 12.2 Å². The molecule has 0 amide bonds. The van der Waals surface area contributed by atoms with Crippen LogP contribution in [0.15, 0.2) is 0 Å². The largest absolute Gasteiger partial charge is 0.317 e. The van der Waals surface area contributed by atoms with Crippen LogP contribution in [0.4, 0.5) is 0 Å². The van der Waals surface area contributed by atoms with Gasteiger partial charge in [0.2, 0.25) is 0 Å². The molecule has 0 bridgehead atoms. The minimum atomic E-state index is -3.77. The molecule has 0 heterocycles. The summed E-state index contributed by atoms with van der Waals surface area (Å²) in [6, 6.07) is 0. The lowest BCUT2D eigenvalue weighted by Gasteiger charge is -2.03. The van der Waals surface area contributed by atoms with Gasteiger partial charge in [-0.1, -0.05) is 26.2 Å². The summed E-state index contributed by atoms with van der Waals surface area (Å²) in [5.74, 6) is -0.144. The SMILES string of the molecule is CCCCCCNCCCS(=O)(=O)O. The predicted octanol–water partition coefficient (Wildman–Crippen LogP) is 1.43. The summed E-state index contributed by atoms with van der Waals surface area (Å²) >= 11 is 0. The van der Waals surface area contributed by atoms with Gasteiger partial charge < -0.3 is 5.32 Å². The minimum absolute atomic E-state index is 0.144. The number of hydrogen-bond donors (Lipinski definition) is 2. The second-order valence-electron chi connectivity index (χ2n) is 3.45. The maximum atomic E-state index is 10.3. The maximum absolute atomic E-state index is 10.3. The fraction of sp³-hybridized carbons (Fsp3) is 1.00. The topological polar surface area (TPSA) is 66.4 Å². The van der Waals surface area contributed by atoms with E-state index in [0.717, 1.165) is 13.0 Å². The first kappa shape index (κ1) is 13.9. The summed E-state index contributed by atoms with van der Waals surface area (Å²) in [4.78, 5) is 0. The van der Waals surface area contributed by atoms with E-state index in [1.165, 1.54) is 19.3 Å². The third-order valence-corrected chi connectivity index (χ3v) is 2.77. The Labute approximate surface area is 86.8 Å². The van der Waals surface area contributed by atoms with Crippen LogP contribution in [0.1, 0.15) is 39.0 Å². The van der Waals surface area contributed by atoms with Crippen LogP contribution >= 0.6 is 0 Å². The highest BCUT2D eigenvalue weighted by Gasteiger charge is 2.02. The van der Waals surface area contributed by atoms with Crippen LogP contribution in [0.3, 0.4) is 0 Å². The predicted molar refractivity (Wildman–Crippen MR) is 58.0 cm³/mol. The van der Waals surface area contributed by atoms with Crippen molar-refractivity contribution in [3.63, 3.8) is 0 Å². The normalized spacial score (nSPS) is 11.9. The molecule has 14 heavy (non-hydrogen) atoms. The van der Waals surface area contributed by atoms with E-state index in [1.807, 2.05) is 0 Å². The van der Waals surface area contributed by atoms with E-state index in [0.29, 0.717) is 13.0 Å². The van der Waals surface area contributed by atoms with Gasteiger partial charge in [-0.3, -0.25) is 4.55 Å². The molecule has 0 aliphatic heterocycles. The van der Waals surface area contributed by atoms with Gasteiger partial charge in [0.15, 0.2) is 0 Å². The van der Waals surface area contributed by atoms with E-state index >= 15 is 0 Å². The summed E-state index contributed by atoms with van der Waals surface area (Å²) in [5, 5.41) is 3.14. The van der Waals surface area contributed by atoms with Gasteiger partial charge in [0.25, 0.3) is 10.1 Å². The first-order valence-electron chi connectivity index (χ1n) is 5.22. The summed E-state index contributed by atoms with van der Waals surface area (Å²) in [7, 11) is -3.77. The van der Waals surface area contributed by atoms with Crippen LogP contribution in [0, 0.1) is 0 Å². The fourth-order valence-corrected chi connectivity index (χ4v) is 1.69. The molecule has 0 radical (unpaired) electrons. The van der Waals surface area contributed by atoms with Crippen LogP contribution in [0.25, 0.3) is 0 Å². The van der Waals surface area contributed by atoms with E-state index in [-0.39, 0.29) is 5.75 Å². The van der Waals surface area contributed by atoms with Crippen molar-refractivity contribution >= 4 is 10.1 Å². The van der Waals surface area contributed by atoms with Gasteiger partial charge in [0.05, 0.1) is 5.75 Å². The average Bonchev–Trinajstić information content (AvgIpc) is 2.08. The summed E-state index contributed by atoms with van der Waals surface area (Å²) < 4.78 is 29.1. The van der Waals surface area contributed by atoms with Gasteiger partial charge >= 0.3 is 0 Å². The Kier molecular flexibility index (Phi) is 8.12. The second-order valence-corrected chi connectivity index (χ2v) is 5.02. The molecule has 0 aliphatic rings. The Bertz CT molecular complexity index is 214. The zero-order valence-corrected chi connectivity index (χ0v) is 9.65. The summed E-state index contributed by atoms with van der Waals surface area (Å²) in [5.41, 5.74) is 0. The number of rotatable bonds is 9. The van der Waals surface area contributed by atoms with Crippen LogP contribution in [-0.4, -0.2) is 31.8 Å². The maximum Gasteiger partial charge on any atom is 0.264 e. The summed E-state index contributed by atoms with van der Waals surface area (Å²) in [6.45, 7) is 3.76. The summed E-state index contributed by atoms with van der Waals surface area (Å²) in [6.07, 6.45) is 5.32. The Morgan fingerprint density at radius 3 is 2.29 bits per heavy atom. The van der Waals surface area contributed by atoms with Crippen LogP contribution in [0.2, 0.25) is 0 Å². The number of hydrogen-bond acceptors (Lipinski definition) is 3. The van der Waals surface area contributed by atoms with E-state index in [9.17, 15) is 8.42 Å². The molecule has 0 fully saturated rings. The zero-order chi connectivity index (χ0) is 10.9. The van der Waals surface area contributed by atoms with Gasteiger partial charge in [-0.15, -0.1) is 0 Å². The van der Waals surface area contributed by atoms with Crippen molar-refractivity contribution < 1.29 is 13.0 Å².